The van der Waals surface area contributed by atoms with Crippen molar-refractivity contribution in [1.29, 1.82) is 0 Å². The largest absolute Gasteiger partial charge is 0.382 e. The number of unbranched alkanes of at least 4 members (excludes halogenated alkanes) is 1. The molecule has 1 aliphatic carbocycles. The molecule has 5 atom stereocenters. The third kappa shape index (κ3) is 4.45. The van der Waals surface area contributed by atoms with Gasteiger partial charge in [-0.2, -0.15) is 0 Å². The van der Waals surface area contributed by atoms with E-state index in [0.717, 1.165) is 45.1 Å². The first-order valence-corrected chi connectivity index (χ1v) is 13.2. The Morgan fingerprint density at radius 3 is 2.59 bits per heavy atom. The van der Waals surface area contributed by atoms with Gasteiger partial charge in [-0.15, -0.1) is 0 Å². The molecule has 2 heterocycles. The number of nitrogens with zero attached hydrogens (tertiary/aromatic N) is 1. The van der Waals surface area contributed by atoms with Crippen LogP contribution in [0.2, 0.25) is 0 Å². The van der Waals surface area contributed by atoms with Gasteiger partial charge in [0.2, 0.25) is 5.91 Å². The molecule has 0 radical (unpaired) electrons. The van der Waals surface area contributed by atoms with Crippen LogP contribution >= 0.6 is 0 Å². The number of nitrogens with one attached hydrogen (secondary N) is 2. The molecule has 1 saturated carbocycles. The van der Waals surface area contributed by atoms with Gasteiger partial charge in [0.05, 0.1) is 12.0 Å². The second-order valence-corrected chi connectivity index (χ2v) is 10.2. The van der Waals surface area contributed by atoms with Crippen LogP contribution in [-0.4, -0.2) is 35.3 Å². The molecule has 0 bridgehead atoms. The molecule has 5 heteroatoms. The SMILES string of the molecule is CCCC[C@H]1Nc2ccccc2[C@@H]2[C@H]1CCN2C(=O)[C@H]1CCCC[C@H]1NC(=O)c1ccccc1. The van der Waals surface area contributed by atoms with Gasteiger partial charge in [-0.3, -0.25) is 9.59 Å². The lowest BCUT2D eigenvalue weighted by Gasteiger charge is -2.42. The monoisotopic (exact) mass is 459 g/mol. The fraction of sp³-hybridized carbons (Fsp3) is 0.517. The minimum Gasteiger partial charge on any atom is -0.382 e. The highest BCUT2D eigenvalue weighted by atomic mass is 16.2. The molecule has 2 aromatic rings. The number of benzene rings is 2. The molecular weight excluding hydrogens is 422 g/mol. The Hall–Kier alpha value is -2.82. The van der Waals surface area contributed by atoms with Gasteiger partial charge in [-0.25, -0.2) is 0 Å². The number of rotatable bonds is 6. The predicted molar refractivity (Wildman–Crippen MR) is 136 cm³/mol. The van der Waals surface area contributed by atoms with E-state index < -0.39 is 0 Å². The topological polar surface area (TPSA) is 61.4 Å². The van der Waals surface area contributed by atoms with Crippen molar-refractivity contribution >= 4 is 17.5 Å². The van der Waals surface area contributed by atoms with Gasteiger partial charge in [0, 0.05) is 35.8 Å². The molecule has 3 aliphatic rings. The molecule has 34 heavy (non-hydrogen) atoms. The van der Waals surface area contributed by atoms with E-state index in [4.69, 9.17) is 0 Å². The van der Waals surface area contributed by atoms with E-state index in [2.05, 4.69) is 46.7 Å². The molecule has 1 saturated heterocycles. The Balaban J connectivity index is 1.37. The van der Waals surface area contributed by atoms with E-state index in [0.29, 0.717) is 17.5 Å². The molecule has 2 aromatic carbocycles. The summed E-state index contributed by atoms with van der Waals surface area (Å²) in [6, 6.07) is 18.3. The zero-order chi connectivity index (χ0) is 23.5. The summed E-state index contributed by atoms with van der Waals surface area (Å²) in [7, 11) is 0. The summed E-state index contributed by atoms with van der Waals surface area (Å²) < 4.78 is 0. The highest BCUT2D eigenvalue weighted by Crippen LogP contribution is 2.48. The van der Waals surface area contributed by atoms with Gasteiger partial charge in [-0.05, 0) is 49.4 Å². The van der Waals surface area contributed by atoms with Gasteiger partial charge < -0.3 is 15.5 Å². The van der Waals surface area contributed by atoms with Gasteiger partial charge in [0.25, 0.3) is 5.91 Å². The summed E-state index contributed by atoms with van der Waals surface area (Å²) >= 11 is 0. The summed E-state index contributed by atoms with van der Waals surface area (Å²) in [5.41, 5.74) is 3.10. The second-order valence-electron chi connectivity index (χ2n) is 10.2. The van der Waals surface area contributed by atoms with Crippen LogP contribution in [0.15, 0.2) is 54.6 Å². The summed E-state index contributed by atoms with van der Waals surface area (Å²) in [5, 5.41) is 7.02. The van der Waals surface area contributed by atoms with Gasteiger partial charge in [0.15, 0.2) is 0 Å². The highest BCUT2D eigenvalue weighted by Gasteiger charge is 2.47. The quantitative estimate of drug-likeness (QED) is 0.595. The maximum atomic E-state index is 14.1. The first-order valence-electron chi connectivity index (χ1n) is 13.2. The second kappa shape index (κ2) is 10.2. The minimum absolute atomic E-state index is 0.0727. The average molecular weight is 460 g/mol. The molecule has 0 spiro atoms. The van der Waals surface area contributed by atoms with Crippen LogP contribution in [-0.2, 0) is 4.79 Å². The van der Waals surface area contributed by atoms with Crippen molar-refractivity contribution in [2.24, 2.45) is 11.8 Å². The molecule has 2 fully saturated rings. The van der Waals surface area contributed by atoms with Crippen LogP contribution in [0.1, 0.15) is 80.3 Å². The lowest BCUT2D eigenvalue weighted by Crippen LogP contribution is -2.50. The first-order chi connectivity index (χ1) is 16.7. The van der Waals surface area contributed by atoms with Gasteiger partial charge in [0.1, 0.15) is 0 Å². The Morgan fingerprint density at radius 1 is 1.00 bits per heavy atom. The molecule has 180 valence electrons. The van der Waals surface area contributed by atoms with Crippen LogP contribution in [0, 0.1) is 11.8 Å². The van der Waals surface area contributed by atoms with E-state index in [1.54, 1.807) is 0 Å². The fourth-order valence-electron chi connectivity index (χ4n) is 6.44. The maximum Gasteiger partial charge on any atom is 0.251 e. The fourth-order valence-corrected chi connectivity index (χ4v) is 6.44. The summed E-state index contributed by atoms with van der Waals surface area (Å²) in [5.74, 6) is 0.468. The third-order valence-corrected chi connectivity index (χ3v) is 8.17. The standard InChI is InChI=1S/C29H37N3O2/c1-2-3-15-24-22-18-19-32(27(22)21-13-7-9-16-25(21)30-24)29(34)23-14-8-10-17-26(23)31-28(33)20-11-5-4-6-12-20/h4-7,9,11-13,16,22-24,26-27,30H,2-3,8,10,14-15,17-19H2,1H3,(H,31,33)/t22-,23-,24+,26+,27+/m0/s1. The number of hydrogen-bond donors (Lipinski definition) is 2. The average Bonchev–Trinajstić information content (AvgIpc) is 3.33. The molecule has 0 unspecified atom stereocenters. The Labute approximate surface area is 203 Å². The molecule has 2 amide bonds. The van der Waals surface area contributed by atoms with E-state index in [1.807, 2.05) is 30.3 Å². The van der Waals surface area contributed by atoms with Crippen molar-refractivity contribution in [2.75, 3.05) is 11.9 Å². The zero-order valence-electron chi connectivity index (χ0n) is 20.2. The molecule has 2 aliphatic heterocycles. The maximum absolute atomic E-state index is 14.1. The predicted octanol–water partition coefficient (Wildman–Crippen LogP) is 5.55. The Kier molecular flexibility index (Phi) is 6.89. The van der Waals surface area contributed by atoms with Gasteiger partial charge in [-0.1, -0.05) is 69.0 Å². The smallest absolute Gasteiger partial charge is 0.251 e. The Morgan fingerprint density at radius 2 is 1.76 bits per heavy atom. The van der Waals surface area contributed by atoms with E-state index in [-0.39, 0.29) is 29.8 Å². The Bertz CT molecular complexity index is 1010. The number of carbonyl (C=O) groups excluding carboxylic acids is 2. The molecule has 5 rings (SSSR count). The van der Waals surface area contributed by atoms with Crippen molar-refractivity contribution in [3.63, 3.8) is 0 Å². The number of fused-ring (bicyclic) bond motifs is 3. The molecule has 0 aromatic heterocycles. The van der Waals surface area contributed by atoms with Crippen molar-refractivity contribution in [3.05, 3.63) is 65.7 Å². The van der Waals surface area contributed by atoms with E-state index in [1.165, 1.54) is 24.1 Å². The summed E-state index contributed by atoms with van der Waals surface area (Å²) in [6.07, 6.45) is 8.40. The third-order valence-electron chi connectivity index (χ3n) is 8.17. The van der Waals surface area contributed by atoms with Crippen LogP contribution in [0.5, 0.6) is 0 Å². The van der Waals surface area contributed by atoms with Crippen molar-refractivity contribution in [2.45, 2.75) is 76.4 Å². The number of para-hydroxylation sites is 1. The number of anilines is 1. The van der Waals surface area contributed by atoms with Crippen LogP contribution in [0.3, 0.4) is 0 Å². The number of amides is 2. The van der Waals surface area contributed by atoms with Gasteiger partial charge >= 0.3 is 0 Å². The van der Waals surface area contributed by atoms with Crippen LogP contribution in [0.25, 0.3) is 0 Å². The normalized spacial score (nSPS) is 27.9. The van der Waals surface area contributed by atoms with E-state index >= 15 is 0 Å². The van der Waals surface area contributed by atoms with Crippen molar-refractivity contribution in [1.82, 2.24) is 10.2 Å². The van der Waals surface area contributed by atoms with E-state index in [9.17, 15) is 9.59 Å². The lowest BCUT2D eigenvalue weighted by atomic mass is 9.80. The van der Waals surface area contributed by atoms with Crippen LogP contribution in [0.4, 0.5) is 5.69 Å². The van der Waals surface area contributed by atoms with Crippen molar-refractivity contribution < 1.29 is 9.59 Å². The van der Waals surface area contributed by atoms with Crippen molar-refractivity contribution in [3.8, 4) is 0 Å². The first kappa shape index (κ1) is 22.9. The number of likely N-dealkylation sites (tertiary alicyclic amines) is 1. The highest BCUT2D eigenvalue weighted by molar-refractivity contribution is 5.94. The molecular formula is C29H37N3O2. The lowest BCUT2D eigenvalue weighted by molar-refractivity contribution is -0.138. The summed E-state index contributed by atoms with van der Waals surface area (Å²) in [6.45, 7) is 3.05. The molecule has 2 N–H and O–H groups in total. The van der Waals surface area contributed by atoms with Crippen LogP contribution < -0.4 is 10.6 Å². The zero-order valence-corrected chi connectivity index (χ0v) is 20.2. The minimum atomic E-state index is -0.142. The molecule has 5 nitrogen and oxygen atoms in total. The number of hydrogen-bond acceptors (Lipinski definition) is 3. The number of carbonyl (C=O) groups is 2. The summed E-state index contributed by atoms with van der Waals surface area (Å²) in [4.78, 5) is 29.1.